The fourth-order valence-electron chi connectivity index (χ4n) is 1.48. The average molecular weight is 206 g/mol. The van der Waals surface area contributed by atoms with Crippen LogP contribution in [0.15, 0.2) is 24.3 Å². The number of hydrogen-bond acceptors (Lipinski definition) is 2. The minimum absolute atomic E-state index is 0.971. The molecule has 0 spiro atoms. The van der Waals surface area contributed by atoms with Crippen LogP contribution in [0.2, 0.25) is 0 Å². The van der Waals surface area contributed by atoms with Gasteiger partial charge in [0.05, 0.1) is 0 Å². The van der Waals surface area contributed by atoms with Crippen molar-refractivity contribution in [3.8, 4) is 0 Å². The highest BCUT2D eigenvalue weighted by Gasteiger charge is 1.95. The highest BCUT2D eigenvalue weighted by atomic mass is 15.1. The van der Waals surface area contributed by atoms with Crippen LogP contribution in [0.3, 0.4) is 0 Å². The van der Waals surface area contributed by atoms with E-state index in [-0.39, 0.29) is 0 Å². The second-order valence-corrected chi connectivity index (χ2v) is 4.06. The van der Waals surface area contributed by atoms with Gasteiger partial charge in [-0.25, -0.2) is 0 Å². The van der Waals surface area contributed by atoms with Crippen molar-refractivity contribution in [1.82, 2.24) is 10.2 Å². The molecule has 0 atom stereocenters. The van der Waals surface area contributed by atoms with Crippen molar-refractivity contribution in [2.24, 2.45) is 0 Å². The largest absolute Gasteiger partial charge is 0.311 e. The molecular weight excluding hydrogens is 184 g/mol. The Bertz CT molecular complexity index is 284. The zero-order chi connectivity index (χ0) is 11.1. The van der Waals surface area contributed by atoms with Crippen LogP contribution in [0.1, 0.15) is 18.1 Å². The van der Waals surface area contributed by atoms with Crippen molar-refractivity contribution >= 4 is 0 Å². The Morgan fingerprint density at radius 1 is 1.33 bits per heavy atom. The van der Waals surface area contributed by atoms with Gasteiger partial charge in [0.15, 0.2) is 0 Å². The van der Waals surface area contributed by atoms with Crippen molar-refractivity contribution in [2.45, 2.75) is 20.4 Å². The SMILES string of the molecule is CCN(C)CCNCc1cccc(C)c1. The number of likely N-dealkylation sites (N-methyl/N-ethyl adjacent to an activating group) is 1. The van der Waals surface area contributed by atoms with E-state index in [1.807, 2.05) is 0 Å². The lowest BCUT2D eigenvalue weighted by Crippen LogP contribution is -2.28. The van der Waals surface area contributed by atoms with Gasteiger partial charge in [-0.3, -0.25) is 0 Å². The van der Waals surface area contributed by atoms with Crippen LogP contribution in [-0.4, -0.2) is 31.6 Å². The van der Waals surface area contributed by atoms with Crippen LogP contribution in [-0.2, 0) is 6.54 Å². The van der Waals surface area contributed by atoms with Crippen molar-refractivity contribution < 1.29 is 0 Å². The molecule has 0 aliphatic rings. The highest BCUT2D eigenvalue weighted by Crippen LogP contribution is 2.02. The van der Waals surface area contributed by atoms with Gasteiger partial charge in [-0.05, 0) is 26.1 Å². The molecule has 0 saturated carbocycles. The molecule has 0 aliphatic heterocycles. The third kappa shape index (κ3) is 4.96. The maximum absolute atomic E-state index is 3.45. The lowest BCUT2D eigenvalue weighted by molar-refractivity contribution is 0.349. The Hall–Kier alpha value is -0.860. The smallest absolute Gasteiger partial charge is 0.0206 e. The second-order valence-electron chi connectivity index (χ2n) is 4.06. The van der Waals surface area contributed by atoms with Crippen LogP contribution in [0.25, 0.3) is 0 Å². The number of hydrogen-bond donors (Lipinski definition) is 1. The molecule has 0 radical (unpaired) electrons. The molecule has 0 saturated heterocycles. The minimum Gasteiger partial charge on any atom is -0.311 e. The first-order valence-corrected chi connectivity index (χ1v) is 5.67. The Labute approximate surface area is 93.3 Å². The molecular formula is C13H22N2. The van der Waals surface area contributed by atoms with Crippen LogP contribution in [0.5, 0.6) is 0 Å². The molecule has 0 fully saturated rings. The topological polar surface area (TPSA) is 15.3 Å². The summed E-state index contributed by atoms with van der Waals surface area (Å²) < 4.78 is 0. The number of rotatable bonds is 6. The summed E-state index contributed by atoms with van der Waals surface area (Å²) in [6.07, 6.45) is 0. The highest BCUT2D eigenvalue weighted by molar-refractivity contribution is 5.21. The summed E-state index contributed by atoms with van der Waals surface area (Å²) in [4.78, 5) is 2.31. The van der Waals surface area contributed by atoms with Gasteiger partial charge in [0.25, 0.3) is 0 Å². The van der Waals surface area contributed by atoms with Gasteiger partial charge in [0.2, 0.25) is 0 Å². The molecule has 1 aromatic rings. The van der Waals surface area contributed by atoms with Crippen molar-refractivity contribution in [3.63, 3.8) is 0 Å². The van der Waals surface area contributed by atoms with Gasteiger partial charge >= 0.3 is 0 Å². The zero-order valence-electron chi connectivity index (χ0n) is 10.1. The number of aryl methyl sites for hydroxylation is 1. The quantitative estimate of drug-likeness (QED) is 0.717. The van der Waals surface area contributed by atoms with Gasteiger partial charge in [0, 0.05) is 19.6 Å². The lowest BCUT2D eigenvalue weighted by atomic mass is 10.1. The Morgan fingerprint density at radius 3 is 2.80 bits per heavy atom. The lowest BCUT2D eigenvalue weighted by Gasteiger charge is -2.14. The van der Waals surface area contributed by atoms with Gasteiger partial charge in [-0.2, -0.15) is 0 Å². The van der Waals surface area contributed by atoms with E-state index in [1.54, 1.807) is 0 Å². The molecule has 15 heavy (non-hydrogen) atoms. The molecule has 1 N–H and O–H groups in total. The zero-order valence-corrected chi connectivity index (χ0v) is 10.1. The molecule has 0 aliphatic carbocycles. The van der Waals surface area contributed by atoms with Crippen LogP contribution in [0, 0.1) is 6.92 Å². The summed E-state index contributed by atoms with van der Waals surface area (Å²) in [6.45, 7) is 8.57. The van der Waals surface area contributed by atoms with E-state index in [2.05, 4.69) is 55.4 Å². The maximum atomic E-state index is 3.45. The fraction of sp³-hybridized carbons (Fsp3) is 0.538. The van der Waals surface area contributed by atoms with E-state index in [4.69, 9.17) is 0 Å². The summed E-state index contributed by atoms with van der Waals surface area (Å²) >= 11 is 0. The molecule has 0 amide bonds. The van der Waals surface area contributed by atoms with E-state index in [0.717, 1.165) is 26.2 Å². The first-order valence-electron chi connectivity index (χ1n) is 5.67. The van der Waals surface area contributed by atoms with Crippen LogP contribution < -0.4 is 5.32 Å². The van der Waals surface area contributed by atoms with Gasteiger partial charge in [-0.1, -0.05) is 36.8 Å². The number of nitrogens with one attached hydrogen (secondary N) is 1. The van der Waals surface area contributed by atoms with Crippen molar-refractivity contribution in [3.05, 3.63) is 35.4 Å². The third-order valence-electron chi connectivity index (χ3n) is 2.62. The maximum Gasteiger partial charge on any atom is 0.0206 e. The Balaban J connectivity index is 2.20. The predicted molar refractivity (Wildman–Crippen MR) is 66.1 cm³/mol. The van der Waals surface area contributed by atoms with Gasteiger partial charge < -0.3 is 10.2 Å². The Kier molecular flexibility index (Phi) is 5.37. The summed E-state index contributed by atoms with van der Waals surface area (Å²) in [6, 6.07) is 8.65. The average Bonchev–Trinajstić information content (AvgIpc) is 2.24. The monoisotopic (exact) mass is 206 g/mol. The Morgan fingerprint density at radius 2 is 2.13 bits per heavy atom. The molecule has 0 heterocycles. The molecule has 0 unspecified atom stereocenters. The first kappa shape index (κ1) is 12.2. The normalized spacial score (nSPS) is 10.9. The molecule has 0 bridgehead atoms. The van der Waals surface area contributed by atoms with Crippen LogP contribution >= 0.6 is 0 Å². The predicted octanol–water partition coefficient (Wildman–Crippen LogP) is 2.04. The molecule has 0 aromatic heterocycles. The van der Waals surface area contributed by atoms with E-state index in [1.165, 1.54) is 11.1 Å². The van der Waals surface area contributed by atoms with E-state index in [9.17, 15) is 0 Å². The summed E-state index contributed by atoms with van der Waals surface area (Å²) in [5.74, 6) is 0. The van der Waals surface area contributed by atoms with Crippen molar-refractivity contribution in [1.29, 1.82) is 0 Å². The third-order valence-corrected chi connectivity index (χ3v) is 2.62. The van der Waals surface area contributed by atoms with Crippen LogP contribution in [0.4, 0.5) is 0 Å². The first-order chi connectivity index (χ1) is 7.22. The van der Waals surface area contributed by atoms with E-state index in [0.29, 0.717) is 0 Å². The molecule has 84 valence electrons. The summed E-state index contributed by atoms with van der Waals surface area (Å²) in [7, 11) is 2.15. The standard InChI is InChI=1S/C13H22N2/c1-4-15(3)9-8-14-11-13-7-5-6-12(2)10-13/h5-7,10,14H,4,8-9,11H2,1-3H3. The molecule has 1 rings (SSSR count). The van der Waals surface area contributed by atoms with Gasteiger partial charge in [-0.15, -0.1) is 0 Å². The summed E-state index contributed by atoms with van der Waals surface area (Å²) in [5, 5.41) is 3.45. The fourth-order valence-corrected chi connectivity index (χ4v) is 1.48. The van der Waals surface area contributed by atoms with Gasteiger partial charge in [0.1, 0.15) is 0 Å². The van der Waals surface area contributed by atoms with Crippen molar-refractivity contribution in [2.75, 3.05) is 26.7 Å². The molecule has 1 aromatic carbocycles. The molecule has 2 heteroatoms. The number of benzene rings is 1. The number of nitrogens with zero attached hydrogens (tertiary/aromatic N) is 1. The minimum atomic E-state index is 0.971. The second kappa shape index (κ2) is 6.59. The van der Waals surface area contributed by atoms with E-state index < -0.39 is 0 Å². The summed E-state index contributed by atoms with van der Waals surface area (Å²) in [5.41, 5.74) is 2.70. The van der Waals surface area contributed by atoms with E-state index >= 15 is 0 Å². The molecule has 2 nitrogen and oxygen atoms in total.